The van der Waals surface area contributed by atoms with Gasteiger partial charge in [0, 0.05) is 19.5 Å². The first kappa shape index (κ1) is 36.3. The minimum atomic E-state index is -4.89. The largest absolute Gasteiger partial charge is 0.481 e. The number of carbonyl (C=O) groups is 2. The van der Waals surface area contributed by atoms with Crippen molar-refractivity contribution in [3.63, 3.8) is 0 Å². The molecule has 2 aliphatic rings. The number of rotatable bonds is 8. The molecule has 1 fully saturated rings. The van der Waals surface area contributed by atoms with E-state index in [0.29, 0.717) is 38.1 Å². The number of morpholine rings is 1. The molecule has 12 nitrogen and oxygen atoms in total. The van der Waals surface area contributed by atoms with Gasteiger partial charge in [-0.25, -0.2) is 19.7 Å². The highest BCUT2D eigenvalue weighted by atomic mass is 19.4. The quantitative estimate of drug-likeness (QED) is 0.295. The number of nitrogens with zero attached hydrogens (tertiary/aromatic N) is 6. The summed E-state index contributed by atoms with van der Waals surface area (Å²) in [6.07, 6.45) is -10.2. The van der Waals surface area contributed by atoms with Crippen LogP contribution in [0.2, 0.25) is 0 Å². The van der Waals surface area contributed by atoms with Crippen LogP contribution >= 0.6 is 0 Å². The van der Waals surface area contributed by atoms with Gasteiger partial charge >= 0.3 is 24.4 Å². The van der Waals surface area contributed by atoms with E-state index in [1.807, 2.05) is 4.90 Å². The summed E-state index contributed by atoms with van der Waals surface area (Å²) in [5.74, 6) is -2.45. The number of alkyl halides is 6. The summed E-state index contributed by atoms with van der Waals surface area (Å²) in [6.45, 7) is 2.57. The maximum Gasteiger partial charge on any atom is 0.433 e. The van der Waals surface area contributed by atoms with Gasteiger partial charge in [0.1, 0.15) is 23.8 Å². The van der Waals surface area contributed by atoms with Gasteiger partial charge in [0.2, 0.25) is 0 Å². The van der Waals surface area contributed by atoms with E-state index in [2.05, 4.69) is 9.97 Å². The van der Waals surface area contributed by atoms with Crippen LogP contribution in [0.3, 0.4) is 0 Å². The molecule has 1 saturated heterocycles. The maximum absolute atomic E-state index is 13.9. The lowest BCUT2D eigenvalue weighted by Gasteiger charge is -2.46. The number of benzene rings is 1. The van der Waals surface area contributed by atoms with E-state index < -0.39 is 60.3 Å². The standard InChI is InChI=1S/C32H31F6N7O5/c1-2-30(40)15-21(27-23(3-4-25(43-27)32(36,37)38)45(30)29(48)50-8-5-26(46)47)28-41-17-24(44-6-9-49-10-7-44)22(42-28)14-18-11-19(16-39)13-20(12-18)31(33,34)35/h3-4,11-13,17,21H,2,5-10,14-15,40H2,1H3,(H,46,47)/t21-,30+/m0/s1. The van der Waals surface area contributed by atoms with Gasteiger partial charge in [-0.3, -0.25) is 9.69 Å². The van der Waals surface area contributed by atoms with Crippen LogP contribution in [0.15, 0.2) is 36.5 Å². The Labute approximate surface area is 281 Å². The average Bonchev–Trinajstić information content (AvgIpc) is 3.06. The van der Waals surface area contributed by atoms with E-state index >= 15 is 0 Å². The zero-order chi connectivity index (χ0) is 36.4. The van der Waals surface area contributed by atoms with E-state index in [1.54, 1.807) is 13.0 Å². The number of nitrogens with two attached hydrogens (primary N) is 1. The smallest absolute Gasteiger partial charge is 0.433 e. The zero-order valence-electron chi connectivity index (χ0n) is 26.5. The fourth-order valence-electron chi connectivity index (χ4n) is 5.95. The van der Waals surface area contributed by atoms with E-state index in [9.17, 15) is 41.2 Å². The molecule has 3 aromatic rings. The summed E-state index contributed by atoms with van der Waals surface area (Å²) in [5, 5.41) is 18.4. The van der Waals surface area contributed by atoms with Gasteiger partial charge < -0.3 is 25.2 Å². The molecule has 2 aliphatic heterocycles. The number of hydrogen-bond donors (Lipinski definition) is 2. The number of carboxylic acids is 1. The van der Waals surface area contributed by atoms with Gasteiger partial charge in [-0.05, 0) is 48.7 Å². The molecule has 1 amide bonds. The molecule has 4 heterocycles. The second kappa shape index (κ2) is 14.1. The van der Waals surface area contributed by atoms with Crippen molar-refractivity contribution in [2.75, 3.05) is 42.7 Å². The predicted molar refractivity (Wildman–Crippen MR) is 163 cm³/mol. The summed E-state index contributed by atoms with van der Waals surface area (Å²) >= 11 is 0. The van der Waals surface area contributed by atoms with Crippen LogP contribution < -0.4 is 15.5 Å². The highest BCUT2D eigenvalue weighted by Crippen LogP contribution is 2.46. The number of pyridine rings is 1. The summed E-state index contributed by atoms with van der Waals surface area (Å²) < 4.78 is 93.6. The van der Waals surface area contributed by atoms with Gasteiger partial charge in [0.05, 0.1) is 71.7 Å². The molecule has 0 saturated carbocycles. The molecule has 50 heavy (non-hydrogen) atoms. The van der Waals surface area contributed by atoms with E-state index in [1.165, 1.54) is 12.3 Å². The molecule has 0 unspecified atom stereocenters. The molecule has 3 N–H and O–H groups in total. The Kier molecular flexibility index (Phi) is 10.2. The molecule has 5 rings (SSSR count). The highest BCUT2D eigenvalue weighted by molar-refractivity contribution is 5.91. The fraction of sp³-hybridized carbons (Fsp3) is 0.438. The first-order valence-electron chi connectivity index (χ1n) is 15.4. The van der Waals surface area contributed by atoms with E-state index in [-0.39, 0.29) is 53.3 Å². The third-order valence-electron chi connectivity index (χ3n) is 8.45. The third-order valence-corrected chi connectivity index (χ3v) is 8.45. The van der Waals surface area contributed by atoms with Crippen molar-refractivity contribution >= 4 is 23.4 Å². The molecule has 18 heteroatoms. The van der Waals surface area contributed by atoms with Crippen molar-refractivity contribution in [3.05, 3.63) is 76.1 Å². The Morgan fingerprint density at radius 3 is 2.44 bits per heavy atom. The van der Waals surface area contributed by atoms with Crippen LogP contribution in [-0.2, 0) is 33.0 Å². The number of carboxylic acid groups (broad SMARTS) is 1. The molecule has 0 aliphatic carbocycles. The molecular formula is C32H31F6N7O5. The van der Waals surface area contributed by atoms with E-state index in [0.717, 1.165) is 23.1 Å². The Balaban J connectivity index is 1.65. The molecule has 1 aromatic carbocycles. The number of aliphatic carboxylic acids is 1. The number of aromatic nitrogens is 3. The molecular weight excluding hydrogens is 676 g/mol. The number of nitriles is 1. The lowest BCUT2D eigenvalue weighted by atomic mass is 9.83. The highest BCUT2D eigenvalue weighted by Gasteiger charge is 2.48. The monoisotopic (exact) mass is 707 g/mol. The number of halogens is 6. The van der Waals surface area contributed by atoms with Crippen molar-refractivity contribution in [1.82, 2.24) is 15.0 Å². The maximum atomic E-state index is 13.9. The lowest BCUT2D eigenvalue weighted by molar-refractivity contribution is -0.141. The summed E-state index contributed by atoms with van der Waals surface area (Å²) in [4.78, 5) is 40.2. The number of amides is 1. The first-order chi connectivity index (χ1) is 23.5. The number of anilines is 2. The van der Waals surface area contributed by atoms with Gasteiger partial charge in [0.15, 0.2) is 0 Å². The lowest BCUT2D eigenvalue weighted by Crippen LogP contribution is -2.62. The average molecular weight is 708 g/mol. The Hall–Kier alpha value is -5.02. The van der Waals surface area contributed by atoms with Crippen molar-refractivity contribution < 1.29 is 50.5 Å². The van der Waals surface area contributed by atoms with E-state index in [4.69, 9.17) is 25.3 Å². The summed E-state index contributed by atoms with van der Waals surface area (Å²) in [5.41, 5.74) is 2.97. The molecule has 0 bridgehead atoms. The zero-order valence-corrected chi connectivity index (χ0v) is 26.5. The normalized spacial score (nSPS) is 19.5. The van der Waals surface area contributed by atoms with Crippen molar-refractivity contribution in [3.8, 4) is 6.07 Å². The van der Waals surface area contributed by atoms with Crippen molar-refractivity contribution in [2.24, 2.45) is 5.73 Å². The van der Waals surface area contributed by atoms with Gasteiger partial charge in [-0.15, -0.1) is 0 Å². The molecule has 0 radical (unpaired) electrons. The number of carbonyl (C=O) groups excluding carboxylic acids is 1. The molecule has 266 valence electrons. The summed E-state index contributed by atoms with van der Waals surface area (Å²) in [6, 6.07) is 6.34. The number of fused-ring (bicyclic) bond motifs is 1. The van der Waals surface area contributed by atoms with Crippen molar-refractivity contribution in [2.45, 2.75) is 56.5 Å². The third kappa shape index (κ3) is 7.73. The number of hydrogen-bond acceptors (Lipinski definition) is 10. The number of ether oxygens (including phenoxy) is 2. The van der Waals surface area contributed by atoms with Crippen LogP contribution in [0.5, 0.6) is 0 Å². The topological polar surface area (TPSA) is 168 Å². The van der Waals surface area contributed by atoms with Crippen LogP contribution in [0.25, 0.3) is 0 Å². The van der Waals surface area contributed by atoms with Crippen LogP contribution in [0.1, 0.15) is 71.7 Å². The Morgan fingerprint density at radius 1 is 1.10 bits per heavy atom. The van der Waals surface area contributed by atoms with Crippen LogP contribution in [0, 0.1) is 11.3 Å². The Bertz CT molecular complexity index is 1810. The van der Waals surface area contributed by atoms with Gasteiger partial charge in [-0.2, -0.15) is 31.6 Å². The van der Waals surface area contributed by atoms with Gasteiger partial charge in [-0.1, -0.05) is 6.92 Å². The van der Waals surface area contributed by atoms with Crippen LogP contribution in [0.4, 0.5) is 42.5 Å². The Morgan fingerprint density at radius 2 is 1.82 bits per heavy atom. The fourth-order valence-corrected chi connectivity index (χ4v) is 5.95. The van der Waals surface area contributed by atoms with Gasteiger partial charge in [0.25, 0.3) is 0 Å². The molecule has 2 aromatic heterocycles. The van der Waals surface area contributed by atoms with Crippen molar-refractivity contribution in [1.29, 1.82) is 5.26 Å². The minimum absolute atomic E-state index is 0.0535. The summed E-state index contributed by atoms with van der Waals surface area (Å²) in [7, 11) is 0. The second-order valence-corrected chi connectivity index (χ2v) is 11.8. The molecule has 2 atom stereocenters. The minimum Gasteiger partial charge on any atom is -0.481 e. The SMILES string of the molecule is CC[C@]1(N)C[C@H](c2ncc(N3CCOCC3)c(Cc3cc(C#N)cc(C(F)(F)F)c3)n2)c2nc(C(F)(F)F)ccc2N1C(=O)OCCC(=O)O. The van der Waals surface area contributed by atoms with Crippen LogP contribution in [-0.4, -0.2) is 70.7 Å². The molecule has 0 spiro atoms. The first-order valence-corrected chi connectivity index (χ1v) is 15.4. The second-order valence-electron chi connectivity index (χ2n) is 11.8. The predicted octanol–water partition coefficient (Wildman–Crippen LogP) is 5.23.